The summed E-state index contributed by atoms with van der Waals surface area (Å²) >= 11 is 2.01. The number of nitrogens with zero attached hydrogens (tertiary/aromatic N) is 1. The van der Waals surface area contributed by atoms with E-state index in [1.165, 1.54) is 116 Å². The van der Waals surface area contributed by atoms with E-state index in [1.807, 2.05) is 11.8 Å². The van der Waals surface area contributed by atoms with Crippen molar-refractivity contribution in [2.24, 2.45) is 23.7 Å². The number of benzene rings is 7. The predicted octanol–water partition coefficient (Wildman–Crippen LogP) is 16.2. The van der Waals surface area contributed by atoms with Crippen LogP contribution in [-0.4, -0.2) is 0 Å². The molecule has 0 atom stereocenters. The van der Waals surface area contributed by atoms with Crippen molar-refractivity contribution in [3.63, 3.8) is 0 Å². The normalized spacial score (nSPS) is 25.1. The van der Waals surface area contributed by atoms with E-state index in [4.69, 9.17) is 0 Å². The van der Waals surface area contributed by atoms with Crippen molar-refractivity contribution in [2.45, 2.75) is 98.7 Å². The molecule has 7 aromatic rings. The van der Waals surface area contributed by atoms with Gasteiger partial charge in [-0.1, -0.05) is 137 Å². The van der Waals surface area contributed by atoms with Gasteiger partial charge in [-0.05, 0) is 189 Å². The number of hydrogen-bond acceptors (Lipinski definition) is 2. The first-order chi connectivity index (χ1) is 29.1. The summed E-state index contributed by atoms with van der Waals surface area (Å²) in [4.78, 5) is 5.49. The van der Waals surface area contributed by atoms with E-state index in [0.717, 1.165) is 11.8 Å². The summed E-state index contributed by atoms with van der Waals surface area (Å²) in [7, 11) is 0. The molecule has 4 saturated carbocycles. The summed E-state index contributed by atoms with van der Waals surface area (Å²) in [5.41, 5.74) is 15.4. The molecule has 13 rings (SSSR count). The largest absolute Gasteiger partial charge is 0.310 e. The minimum absolute atomic E-state index is 0.0811. The smallest absolute Gasteiger partial charge is 0.0467 e. The first-order valence-electron chi connectivity index (χ1n) is 22.7. The first kappa shape index (κ1) is 36.8. The zero-order chi connectivity index (χ0) is 40.4. The lowest BCUT2D eigenvalue weighted by molar-refractivity contribution is -0.0443. The molecule has 0 saturated heterocycles. The molecule has 1 nitrogen and oxygen atoms in total. The van der Waals surface area contributed by atoms with Gasteiger partial charge in [0.15, 0.2) is 0 Å². The van der Waals surface area contributed by atoms with Crippen LogP contribution in [0.5, 0.6) is 0 Å². The Labute approximate surface area is 361 Å². The molecule has 0 amide bonds. The maximum absolute atomic E-state index is 2.65. The molecular formula is C58H55NS. The molecular weight excluding hydrogens is 743 g/mol. The number of anilines is 3. The standard InChI is InChI=1S/C58H55NS/c1-56(2)26-27-57(3,4)52-35-44(20-24-50(52)56)42-12-9-13-48(34-42)59(47-21-18-40(19-22-47)43-17-16-39-10-5-6-11-41(39)33-43)49-23-25-55-53(36-49)58(51-14-7-8-15-54(51)60-55)45-29-37-28-38(31-45)32-46(58)30-37/h5-25,33-38,45-46H,26-32H2,1-4H3. The van der Waals surface area contributed by atoms with Crippen molar-refractivity contribution < 1.29 is 0 Å². The Morgan fingerprint density at radius 1 is 0.417 bits per heavy atom. The van der Waals surface area contributed by atoms with Crippen molar-refractivity contribution in [1.29, 1.82) is 0 Å². The molecule has 1 heterocycles. The van der Waals surface area contributed by atoms with Crippen LogP contribution in [-0.2, 0) is 16.2 Å². The molecule has 4 bridgehead atoms. The molecule has 1 aliphatic heterocycles. The highest BCUT2D eigenvalue weighted by Gasteiger charge is 2.60. The molecule has 4 fully saturated rings. The number of rotatable bonds is 5. The van der Waals surface area contributed by atoms with Gasteiger partial charge in [-0.2, -0.15) is 0 Å². The van der Waals surface area contributed by atoms with Crippen LogP contribution in [0.4, 0.5) is 17.1 Å². The highest BCUT2D eigenvalue weighted by atomic mass is 32.2. The van der Waals surface area contributed by atoms with Gasteiger partial charge in [0.25, 0.3) is 0 Å². The highest BCUT2D eigenvalue weighted by molar-refractivity contribution is 7.99. The van der Waals surface area contributed by atoms with Gasteiger partial charge >= 0.3 is 0 Å². The summed E-state index contributed by atoms with van der Waals surface area (Å²) < 4.78 is 0. The second-order valence-electron chi connectivity index (χ2n) is 20.5. The predicted molar refractivity (Wildman–Crippen MR) is 253 cm³/mol. The summed E-state index contributed by atoms with van der Waals surface area (Å²) in [6.45, 7) is 9.72. The molecule has 6 aliphatic rings. The van der Waals surface area contributed by atoms with Gasteiger partial charge in [0.2, 0.25) is 0 Å². The highest BCUT2D eigenvalue weighted by Crippen LogP contribution is 2.69. The Bertz CT molecular complexity index is 2800. The zero-order valence-electron chi connectivity index (χ0n) is 35.5. The third-order valence-electron chi connectivity index (χ3n) is 16.1. The molecule has 298 valence electrons. The fourth-order valence-corrected chi connectivity index (χ4v) is 14.5. The van der Waals surface area contributed by atoms with Gasteiger partial charge in [0, 0.05) is 32.3 Å². The monoisotopic (exact) mass is 797 g/mol. The van der Waals surface area contributed by atoms with Crippen molar-refractivity contribution >= 4 is 39.6 Å². The van der Waals surface area contributed by atoms with Crippen LogP contribution in [0.25, 0.3) is 33.0 Å². The average molecular weight is 798 g/mol. The topological polar surface area (TPSA) is 3.24 Å². The Hall–Kier alpha value is -5.05. The second kappa shape index (κ2) is 13.5. The van der Waals surface area contributed by atoms with E-state index in [0.29, 0.717) is 11.8 Å². The lowest BCUT2D eigenvalue weighted by atomic mass is 9.42. The van der Waals surface area contributed by atoms with E-state index < -0.39 is 0 Å². The van der Waals surface area contributed by atoms with E-state index >= 15 is 0 Å². The maximum Gasteiger partial charge on any atom is 0.0467 e. The van der Waals surface area contributed by atoms with Crippen LogP contribution in [0.15, 0.2) is 161 Å². The molecule has 60 heavy (non-hydrogen) atoms. The summed E-state index contributed by atoms with van der Waals surface area (Å²) in [5, 5.41) is 2.55. The lowest BCUT2D eigenvalue weighted by Crippen LogP contribution is -2.57. The minimum atomic E-state index is 0.0811. The van der Waals surface area contributed by atoms with E-state index in [1.54, 1.807) is 11.1 Å². The summed E-state index contributed by atoms with van der Waals surface area (Å²) in [6.07, 6.45) is 9.43. The van der Waals surface area contributed by atoms with E-state index in [9.17, 15) is 0 Å². The molecule has 0 aromatic heterocycles. The quantitative estimate of drug-likeness (QED) is 0.171. The Balaban J connectivity index is 1.01. The average Bonchev–Trinajstić information content (AvgIpc) is 3.27. The van der Waals surface area contributed by atoms with Gasteiger partial charge in [0.1, 0.15) is 0 Å². The molecule has 1 spiro atoms. The Kier molecular flexibility index (Phi) is 8.26. The fourth-order valence-electron chi connectivity index (χ4n) is 13.2. The first-order valence-corrected chi connectivity index (χ1v) is 23.5. The third-order valence-corrected chi connectivity index (χ3v) is 17.3. The van der Waals surface area contributed by atoms with Crippen molar-refractivity contribution in [1.82, 2.24) is 0 Å². The molecule has 0 N–H and O–H groups in total. The third kappa shape index (κ3) is 5.66. The minimum Gasteiger partial charge on any atom is -0.310 e. The van der Waals surface area contributed by atoms with Crippen LogP contribution in [0, 0.1) is 23.7 Å². The Morgan fingerprint density at radius 3 is 1.80 bits per heavy atom. The van der Waals surface area contributed by atoms with E-state index in [-0.39, 0.29) is 16.2 Å². The van der Waals surface area contributed by atoms with Gasteiger partial charge in [-0.15, -0.1) is 0 Å². The summed E-state index contributed by atoms with van der Waals surface area (Å²) in [6, 6.07) is 58.6. The number of hydrogen-bond donors (Lipinski definition) is 0. The van der Waals surface area contributed by atoms with Crippen molar-refractivity contribution in [2.75, 3.05) is 4.90 Å². The van der Waals surface area contributed by atoms with Crippen LogP contribution in [0.1, 0.15) is 94.9 Å². The van der Waals surface area contributed by atoms with Crippen LogP contribution >= 0.6 is 11.8 Å². The Morgan fingerprint density at radius 2 is 1.02 bits per heavy atom. The van der Waals surface area contributed by atoms with Gasteiger partial charge in [0.05, 0.1) is 0 Å². The molecule has 0 radical (unpaired) electrons. The number of fused-ring (bicyclic) bond motifs is 4. The van der Waals surface area contributed by atoms with E-state index in [2.05, 4.69) is 184 Å². The summed E-state index contributed by atoms with van der Waals surface area (Å²) in [5.74, 6) is 3.24. The fraction of sp³-hybridized carbons (Fsp3) is 0.310. The van der Waals surface area contributed by atoms with Crippen molar-refractivity contribution in [3.05, 3.63) is 174 Å². The van der Waals surface area contributed by atoms with Crippen LogP contribution < -0.4 is 4.90 Å². The maximum atomic E-state index is 2.65. The second-order valence-corrected chi connectivity index (χ2v) is 21.6. The van der Waals surface area contributed by atoms with Crippen LogP contribution in [0.2, 0.25) is 0 Å². The molecule has 0 unspecified atom stereocenters. The zero-order valence-corrected chi connectivity index (χ0v) is 36.4. The van der Waals surface area contributed by atoms with Crippen LogP contribution in [0.3, 0.4) is 0 Å². The lowest BCUT2D eigenvalue weighted by Gasteiger charge is -2.63. The van der Waals surface area contributed by atoms with Gasteiger partial charge in [-0.25, -0.2) is 0 Å². The van der Waals surface area contributed by atoms with Gasteiger partial charge < -0.3 is 4.90 Å². The molecule has 7 aromatic carbocycles. The molecule has 2 heteroatoms. The molecule has 5 aliphatic carbocycles. The van der Waals surface area contributed by atoms with Gasteiger partial charge in [-0.3, -0.25) is 0 Å². The SMILES string of the molecule is CC1(C)CCC(C)(C)c2cc(-c3cccc(N(c4ccc(-c5ccc6ccccc6c5)cc4)c4ccc5c(c4)C4(c6ccccc6S5)C5CC6CC(C5)CC4C6)c3)ccc21. The van der Waals surface area contributed by atoms with Crippen molar-refractivity contribution in [3.8, 4) is 22.3 Å².